The summed E-state index contributed by atoms with van der Waals surface area (Å²) in [6, 6.07) is 7.40. The highest BCUT2D eigenvalue weighted by Gasteiger charge is 2.21. The first-order chi connectivity index (χ1) is 11.1. The molecule has 1 heterocycles. The molecule has 0 aromatic heterocycles. The van der Waals surface area contributed by atoms with Gasteiger partial charge in [-0.1, -0.05) is 12.1 Å². The zero-order valence-corrected chi connectivity index (χ0v) is 13.1. The molecule has 23 heavy (non-hydrogen) atoms. The van der Waals surface area contributed by atoms with E-state index < -0.39 is 5.97 Å². The number of amides is 1. The van der Waals surface area contributed by atoms with Crippen molar-refractivity contribution in [2.45, 2.75) is 44.8 Å². The van der Waals surface area contributed by atoms with Gasteiger partial charge in [-0.25, -0.2) is 0 Å². The second-order valence-electron chi connectivity index (χ2n) is 5.56. The van der Waals surface area contributed by atoms with Crippen LogP contribution in [0.15, 0.2) is 24.3 Å². The SMILES string of the molecule is O=C(O)CCCOc1ccc(CNC(=O)C2CCCCO2)cc1. The summed E-state index contributed by atoms with van der Waals surface area (Å²) in [5.74, 6) is -0.179. The number of nitrogens with one attached hydrogen (secondary N) is 1. The van der Waals surface area contributed by atoms with Crippen molar-refractivity contribution in [3.05, 3.63) is 29.8 Å². The summed E-state index contributed by atoms with van der Waals surface area (Å²) in [5.41, 5.74) is 0.979. The fourth-order valence-corrected chi connectivity index (χ4v) is 2.37. The van der Waals surface area contributed by atoms with Crippen molar-refractivity contribution < 1.29 is 24.2 Å². The second-order valence-corrected chi connectivity index (χ2v) is 5.56. The quantitative estimate of drug-likeness (QED) is 0.716. The third-order valence-corrected chi connectivity index (χ3v) is 3.67. The van der Waals surface area contributed by atoms with Crippen LogP contribution in [0.3, 0.4) is 0 Å². The predicted molar refractivity (Wildman–Crippen MR) is 84.2 cm³/mol. The van der Waals surface area contributed by atoms with Gasteiger partial charge in [0, 0.05) is 19.6 Å². The van der Waals surface area contributed by atoms with Gasteiger partial charge in [-0.15, -0.1) is 0 Å². The van der Waals surface area contributed by atoms with Gasteiger partial charge in [-0.3, -0.25) is 9.59 Å². The van der Waals surface area contributed by atoms with Crippen LogP contribution in [0, 0.1) is 0 Å². The maximum absolute atomic E-state index is 12.0. The van der Waals surface area contributed by atoms with Gasteiger partial charge in [0.05, 0.1) is 6.61 Å². The van der Waals surface area contributed by atoms with E-state index in [0.29, 0.717) is 31.9 Å². The number of benzene rings is 1. The molecular weight excluding hydrogens is 298 g/mol. The molecule has 1 aliphatic heterocycles. The van der Waals surface area contributed by atoms with Gasteiger partial charge in [0.15, 0.2) is 0 Å². The van der Waals surface area contributed by atoms with Crippen molar-refractivity contribution in [1.29, 1.82) is 0 Å². The van der Waals surface area contributed by atoms with Crippen molar-refractivity contribution in [1.82, 2.24) is 5.32 Å². The highest BCUT2D eigenvalue weighted by atomic mass is 16.5. The molecule has 6 nitrogen and oxygen atoms in total. The molecule has 0 radical (unpaired) electrons. The number of carboxylic acid groups (broad SMARTS) is 1. The molecule has 6 heteroatoms. The molecule has 1 saturated heterocycles. The number of carboxylic acids is 1. The first-order valence-corrected chi connectivity index (χ1v) is 7.98. The van der Waals surface area contributed by atoms with Crippen LogP contribution in [-0.2, 0) is 20.9 Å². The van der Waals surface area contributed by atoms with Crippen LogP contribution in [0.1, 0.15) is 37.7 Å². The van der Waals surface area contributed by atoms with Crippen molar-refractivity contribution in [3.63, 3.8) is 0 Å². The van der Waals surface area contributed by atoms with E-state index in [1.165, 1.54) is 0 Å². The predicted octanol–water partition coefficient (Wildman–Crippen LogP) is 2.12. The molecule has 2 rings (SSSR count). The van der Waals surface area contributed by atoms with Crippen LogP contribution < -0.4 is 10.1 Å². The molecule has 1 unspecified atom stereocenters. The molecular formula is C17H23NO5. The molecule has 0 saturated carbocycles. The maximum atomic E-state index is 12.0. The minimum absolute atomic E-state index is 0.0568. The Morgan fingerprint density at radius 2 is 2.04 bits per heavy atom. The molecule has 1 amide bonds. The van der Waals surface area contributed by atoms with E-state index in [0.717, 1.165) is 24.8 Å². The number of hydrogen-bond acceptors (Lipinski definition) is 4. The molecule has 1 fully saturated rings. The molecule has 126 valence electrons. The van der Waals surface area contributed by atoms with Gasteiger partial charge in [0.2, 0.25) is 5.91 Å². The van der Waals surface area contributed by atoms with Gasteiger partial charge in [0.1, 0.15) is 11.9 Å². The van der Waals surface area contributed by atoms with Crippen molar-refractivity contribution >= 4 is 11.9 Å². The number of carbonyl (C=O) groups is 2. The lowest BCUT2D eigenvalue weighted by Gasteiger charge is -2.21. The highest BCUT2D eigenvalue weighted by Crippen LogP contribution is 2.14. The summed E-state index contributed by atoms with van der Waals surface area (Å²) in [6.45, 7) is 1.49. The monoisotopic (exact) mass is 321 g/mol. The fourth-order valence-electron chi connectivity index (χ4n) is 2.37. The first-order valence-electron chi connectivity index (χ1n) is 7.98. The van der Waals surface area contributed by atoms with Crippen LogP contribution in [-0.4, -0.2) is 36.3 Å². The Balaban J connectivity index is 1.69. The zero-order chi connectivity index (χ0) is 16.5. The van der Waals surface area contributed by atoms with Gasteiger partial charge in [-0.05, 0) is 43.4 Å². The van der Waals surface area contributed by atoms with Crippen LogP contribution in [0.4, 0.5) is 0 Å². The van der Waals surface area contributed by atoms with Crippen LogP contribution in [0.5, 0.6) is 5.75 Å². The molecule has 0 spiro atoms. The summed E-state index contributed by atoms with van der Waals surface area (Å²) >= 11 is 0. The Kier molecular flexibility index (Phi) is 6.87. The fraction of sp³-hybridized carbons (Fsp3) is 0.529. The first kappa shape index (κ1) is 17.3. The number of aliphatic carboxylic acids is 1. The van der Waals surface area contributed by atoms with E-state index in [9.17, 15) is 9.59 Å². The summed E-state index contributed by atoms with van der Waals surface area (Å²) in [7, 11) is 0. The molecule has 0 aliphatic carbocycles. The molecule has 1 aromatic rings. The zero-order valence-electron chi connectivity index (χ0n) is 13.1. The Hall–Kier alpha value is -2.08. The largest absolute Gasteiger partial charge is 0.494 e. The minimum atomic E-state index is -0.818. The van der Waals surface area contributed by atoms with Crippen LogP contribution in [0.25, 0.3) is 0 Å². The third kappa shape index (κ3) is 6.28. The van der Waals surface area contributed by atoms with Gasteiger partial charge in [0.25, 0.3) is 0 Å². The summed E-state index contributed by atoms with van der Waals surface area (Å²) < 4.78 is 10.9. The van der Waals surface area contributed by atoms with E-state index in [1.807, 2.05) is 24.3 Å². The smallest absolute Gasteiger partial charge is 0.303 e. The summed E-state index contributed by atoms with van der Waals surface area (Å²) in [4.78, 5) is 22.4. The van der Waals surface area contributed by atoms with E-state index in [-0.39, 0.29) is 18.4 Å². The Labute approximate surface area is 135 Å². The van der Waals surface area contributed by atoms with Crippen molar-refractivity contribution in [3.8, 4) is 5.75 Å². The third-order valence-electron chi connectivity index (χ3n) is 3.67. The lowest BCUT2D eigenvalue weighted by atomic mass is 10.1. The van der Waals surface area contributed by atoms with E-state index in [2.05, 4.69) is 5.32 Å². The lowest BCUT2D eigenvalue weighted by molar-refractivity contribution is -0.137. The topological polar surface area (TPSA) is 84.9 Å². The number of hydrogen-bond donors (Lipinski definition) is 2. The lowest BCUT2D eigenvalue weighted by Crippen LogP contribution is -2.37. The average Bonchev–Trinajstić information content (AvgIpc) is 2.58. The summed E-state index contributed by atoms with van der Waals surface area (Å²) in [5, 5.41) is 11.4. The van der Waals surface area contributed by atoms with Gasteiger partial charge >= 0.3 is 5.97 Å². The highest BCUT2D eigenvalue weighted by molar-refractivity contribution is 5.80. The number of carbonyl (C=O) groups excluding carboxylic acids is 1. The second kappa shape index (κ2) is 9.15. The molecule has 2 N–H and O–H groups in total. The number of rotatable bonds is 8. The van der Waals surface area contributed by atoms with Gasteiger partial charge in [-0.2, -0.15) is 0 Å². The molecule has 0 bridgehead atoms. The Morgan fingerprint density at radius 1 is 1.26 bits per heavy atom. The average molecular weight is 321 g/mol. The Bertz CT molecular complexity index is 508. The van der Waals surface area contributed by atoms with Gasteiger partial charge < -0.3 is 19.9 Å². The number of ether oxygens (including phenoxy) is 2. The molecule has 1 atom stereocenters. The van der Waals surface area contributed by atoms with E-state index in [4.69, 9.17) is 14.6 Å². The van der Waals surface area contributed by atoms with Crippen LogP contribution >= 0.6 is 0 Å². The molecule has 1 aliphatic rings. The standard InChI is InChI=1S/C17H23NO5/c19-16(20)5-3-11-22-14-8-6-13(7-9-14)12-18-17(21)15-4-1-2-10-23-15/h6-9,15H,1-5,10-12H2,(H,18,21)(H,19,20). The van der Waals surface area contributed by atoms with E-state index in [1.54, 1.807) is 0 Å². The molecule has 1 aromatic carbocycles. The Morgan fingerprint density at radius 3 is 2.70 bits per heavy atom. The minimum Gasteiger partial charge on any atom is -0.494 e. The normalized spacial score (nSPS) is 17.5. The van der Waals surface area contributed by atoms with Crippen molar-refractivity contribution in [2.24, 2.45) is 0 Å². The van der Waals surface area contributed by atoms with Crippen LogP contribution in [0.2, 0.25) is 0 Å². The van der Waals surface area contributed by atoms with E-state index >= 15 is 0 Å². The maximum Gasteiger partial charge on any atom is 0.303 e. The van der Waals surface area contributed by atoms with Crippen molar-refractivity contribution in [2.75, 3.05) is 13.2 Å². The summed E-state index contributed by atoms with van der Waals surface area (Å²) in [6.07, 6.45) is 3.11.